The average Bonchev–Trinajstić information content (AvgIpc) is 2.52. The Balaban J connectivity index is 2.17. The van der Waals surface area contributed by atoms with Gasteiger partial charge in [-0.1, -0.05) is 18.2 Å². The molecule has 0 saturated carbocycles. The zero-order valence-corrected chi connectivity index (χ0v) is 12.2. The molecular weight excluding hydrogens is 288 g/mol. The molecular formula is C16H14O4S. The first-order valence-electron chi connectivity index (χ1n) is 6.24. The number of methoxy groups -OCH3 is 1. The summed E-state index contributed by atoms with van der Waals surface area (Å²) in [4.78, 5) is 24.3. The number of carbonyl (C=O) groups is 2. The summed E-state index contributed by atoms with van der Waals surface area (Å²) in [6.07, 6.45) is 0. The molecule has 21 heavy (non-hydrogen) atoms. The fourth-order valence-corrected chi connectivity index (χ4v) is 2.61. The van der Waals surface area contributed by atoms with Crippen molar-refractivity contribution in [2.75, 3.05) is 12.9 Å². The summed E-state index contributed by atoms with van der Waals surface area (Å²) >= 11 is 1.40. The first kappa shape index (κ1) is 15.1. The molecule has 0 aliphatic rings. The minimum Gasteiger partial charge on any atom is -0.496 e. The van der Waals surface area contributed by atoms with E-state index in [2.05, 4.69) is 0 Å². The number of hydrogen-bond donors (Lipinski definition) is 1. The van der Waals surface area contributed by atoms with Crippen LogP contribution in [0.25, 0.3) is 0 Å². The van der Waals surface area contributed by atoms with E-state index >= 15 is 0 Å². The maximum absolute atomic E-state index is 12.3. The molecule has 0 atom stereocenters. The molecule has 0 aliphatic carbocycles. The van der Waals surface area contributed by atoms with Gasteiger partial charge in [0.2, 0.25) is 0 Å². The van der Waals surface area contributed by atoms with Gasteiger partial charge in [-0.15, -0.1) is 11.8 Å². The second-order valence-corrected chi connectivity index (χ2v) is 5.29. The molecule has 0 saturated heterocycles. The van der Waals surface area contributed by atoms with E-state index in [1.54, 1.807) is 0 Å². The number of carbonyl (C=O) groups excluding carboxylic acids is 1. The number of rotatable bonds is 6. The van der Waals surface area contributed by atoms with Gasteiger partial charge in [-0.3, -0.25) is 4.79 Å². The first-order valence-corrected chi connectivity index (χ1v) is 7.22. The Morgan fingerprint density at radius 3 is 2.48 bits per heavy atom. The summed E-state index contributed by atoms with van der Waals surface area (Å²) < 4.78 is 5.13. The van der Waals surface area contributed by atoms with Crippen LogP contribution < -0.4 is 4.74 Å². The van der Waals surface area contributed by atoms with Crippen molar-refractivity contribution in [2.45, 2.75) is 4.90 Å². The van der Waals surface area contributed by atoms with Crippen LogP contribution >= 0.6 is 11.8 Å². The predicted molar refractivity (Wildman–Crippen MR) is 81.4 cm³/mol. The molecule has 4 nitrogen and oxygen atoms in total. The van der Waals surface area contributed by atoms with Gasteiger partial charge in [0.05, 0.1) is 24.0 Å². The van der Waals surface area contributed by atoms with Crippen LogP contribution in [0.15, 0.2) is 53.4 Å². The number of benzene rings is 2. The van der Waals surface area contributed by atoms with Crippen LogP contribution in [-0.2, 0) is 0 Å². The van der Waals surface area contributed by atoms with Crippen molar-refractivity contribution in [1.82, 2.24) is 0 Å². The van der Waals surface area contributed by atoms with E-state index in [0.717, 1.165) is 4.90 Å². The van der Waals surface area contributed by atoms with Gasteiger partial charge in [0.1, 0.15) is 5.75 Å². The lowest BCUT2D eigenvalue weighted by Crippen LogP contribution is -2.07. The summed E-state index contributed by atoms with van der Waals surface area (Å²) in [6, 6.07) is 13.8. The number of carboxylic acids is 1. The highest BCUT2D eigenvalue weighted by Gasteiger charge is 2.15. The number of ketones is 1. The van der Waals surface area contributed by atoms with Gasteiger partial charge < -0.3 is 9.84 Å². The van der Waals surface area contributed by atoms with Crippen LogP contribution in [0.4, 0.5) is 0 Å². The smallest absolute Gasteiger partial charge is 0.335 e. The molecule has 2 aromatic carbocycles. The van der Waals surface area contributed by atoms with Crippen molar-refractivity contribution in [3.8, 4) is 5.75 Å². The quantitative estimate of drug-likeness (QED) is 0.654. The van der Waals surface area contributed by atoms with Gasteiger partial charge in [-0.05, 0) is 30.3 Å². The maximum atomic E-state index is 12.3. The molecule has 0 aliphatic heterocycles. The van der Waals surface area contributed by atoms with Crippen LogP contribution in [0.2, 0.25) is 0 Å². The molecule has 0 radical (unpaired) electrons. The average molecular weight is 302 g/mol. The standard InChI is InChI=1S/C16H14O4S/c1-20-15-8-7-11(16(18)19)9-13(15)14(17)10-21-12-5-3-2-4-6-12/h2-9H,10H2,1H3,(H,18,19). The molecule has 5 heteroatoms. The number of ether oxygens (including phenoxy) is 1. The Hall–Kier alpha value is -2.27. The number of carboxylic acid groups (broad SMARTS) is 1. The van der Waals surface area contributed by atoms with E-state index < -0.39 is 5.97 Å². The van der Waals surface area contributed by atoms with Gasteiger partial charge in [0.25, 0.3) is 0 Å². The summed E-state index contributed by atoms with van der Waals surface area (Å²) in [5.74, 6) is -0.617. The highest BCUT2D eigenvalue weighted by molar-refractivity contribution is 8.00. The van der Waals surface area contributed by atoms with E-state index in [1.807, 2.05) is 30.3 Å². The van der Waals surface area contributed by atoms with E-state index in [0.29, 0.717) is 11.3 Å². The number of aromatic carboxylic acids is 1. The van der Waals surface area contributed by atoms with Crippen LogP contribution in [0.3, 0.4) is 0 Å². The summed E-state index contributed by atoms with van der Waals surface area (Å²) in [5, 5.41) is 9.01. The lowest BCUT2D eigenvalue weighted by Gasteiger charge is -2.08. The van der Waals surface area contributed by atoms with Crippen LogP contribution in [0.1, 0.15) is 20.7 Å². The molecule has 1 N–H and O–H groups in total. The summed E-state index contributed by atoms with van der Waals surface area (Å²) in [7, 11) is 1.46. The molecule has 0 fully saturated rings. The highest BCUT2D eigenvalue weighted by Crippen LogP contribution is 2.24. The third-order valence-electron chi connectivity index (χ3n) is 2.86. The molecule has 0 unspecified atom stereocenters. The highest BCUT2D eigenvalue weighted by atomic mass is 32.2. The molecule has 0 spiro atoms. The lowest BCUT2D eigenvalue weighted by atomic mass is 10.1. The van der Waals surface area contributed by atoms with Crippen molar-refractivity contribution in [2.24, 2.45) is 0 Å². The van der Waals surface area contributed by atoms with E-state index in [-0.39, 0.29) is 17.1 Å². The lowest BCUT2D eigenvalue weighted by molar-refractivity contribution is 0.0697. The number of hydrogen-bond acceptors (Lipinski definition) is 4. The second kappa shape index (κ2) is 6.95. The molecule has 0 amide bonds. The van der Waals surface area contributed by atoms with Crippen LogP contribution in [0.5, 0.6) is 5.75 Å². The molecule has 2 aromatic rings. The van der Waals surface area contributed by atoms with Crippen LogP contribution in [-0.4, -0.2) is 29.7 Å². The largest absolute Gasteiger partial charge is 0.496 e. The van der Waals surface area contributed by atoms with Crippen molar-refractivity contribution < 1.29 is 19.4 Å². The maximum Gasteiger partial charge on any atom is 0.335 e. The van der Waals surface area contributed by atoms with Crippen molar-refractivity contribution in [3.05, 3.63) is 59.7 Å². The minimum atomic E-state index is -1.07. The Morgan fingerprint density at radius 2 is 1.86 bits per heavy atom. The van der Waals surface area contributed by atoms with Crippen molar-refractivity contribution in [3.63, 3.8) is 0 Å². The monoisotopic (exact) mass is 302 g/mol. The van der Waals surface area contributed by atoms with Crippen molar-refractivity contribution >= 4 is 23.5 Å². The zero-order valence-electron chi connectivity index (χ0n) is 11.4. The van der Waals surface area contributed by atoms with E-state index in [1.165, 1.54) is 37.1 Å². The third kappa shape index (κ3) is 3.86. The fourth-order valence-electron chi connectivity index (χ4n) is 1.80. The third-order valence-corrected chi connectivity index (χ3v) is 3.87. The first-order chi connectivity index (χ1) is 10.1. The fraction of sp³-hybridized carbons (Fsp3) is 0.125. The molecule has 0 aromatic heterocycles. The van der Waals surface area contributed by atoms with Crippen molar-refractivity contribution in [1.29, 1.82) is 0 Å². The van der Waals surface area contributed by atoms with Gasteiger partial charge in [-0.2, -0.15) is 0 Å². The summed E-state index contributed by atoms with van der Waals surface area (Å²) in [5.41, 5.74) is 0.365. The Kier molecular flexibility index (Phi) is 5.00. The van der Waals surface area contributed by atoms with Gasteiger partial charge in [-0.25, -0.2) is 4.79 Å². The minimum absolute atomic E-state index is 0.0730. The number of thioether (sulfide) groups is 1. The van der Waals surface area contributed by atoms with Gasteiger partial charge in [0.15, 0.2) is 5.78 Å². The van der Waals surface area contributed by atoms with Crippen LogP contribution in [0, 0.1) is 0 Å². The van der Waals surface area contributed by atoms with E-state index in [9.17, 15) is 9.59 Å². The topological polar surface area (TPSA) is 63.6 Å². The number of Topliss-reactive ketones (excluding diaryl/α,β-unsaturated/α-hetero) is 1. The second-order valence-electron chi connectivity index (χ2n) is 4.25. The Bertz CT molecular complexity index is 653. The predicted octanol–water partition coefficient (Wildman–Crippen LogP) is 3.37. The van der Waals surface area contributed by atoms with E-state index in [4.69, 9.17) is 9.84 Å². The molecule has 108 valence electrons. The molecule has 0 heterocycles. The molecule has 2 rings (SSSR count). The summed E-state index contributed by atoms with van der Waals surface area (Å²) in [6.45, 7) is 0. The molecule has 0 bridgehead atoms. The zero-order chi connectivity index (χ0) is 15.2. The Morgan fingerprint density at radius 1 is 1.14 bits per heavy atom. The SMILES string of the molecule is COc1ccc(C(=O)O)cc1C(=O)CSc1ccccc1. The van der Waals surface area contributed by atoms with Gasteiger partial charge >= 0.3 is 5.97 Å². The normalized spacial score (nSPS) is 10.1. The Labute approximate surface area is 126 Å². The van der Waals surface area contributed by atoms with Gasteiger partial charge in [0, 0.05) is 4.90 Å².